The zero-order chi connectivity index (χ0) is 19.7. The van der Waals surface area contributed by atoms with E-state index in [0.29, 0.717) is 30.1 Å². The number of aromatic amines is 1. The number of benzene rings is 2. The van der Waals surface area contributed by atoms with Crippen molar-refractivity contribution < 1.29 is 0 Å². The van der Waals surface area contributed by atoms with E-state index in [1.165, 1.54) is 15.6 Å². The number of fused-ring (bicyclic) bond motifs is 1. The first-order chi connectivity index (χ1) is 13.5. The highest BCUT2D eigenvalue weighted by atomic mass is 16.1. The third-order valence-electron chi connectivity index (χ3n) is 5.12. The fourth-order valence-electron chi connectivity index (χ4n) is 3.30. The minimum absolute atomic E-state index is 0.100. The standard InChI is InChI=1S/C22H23N5O/c1-14-8-7-11-19(15(14)2)23-13-20-25-22-24-16(3)18(21(28)27(22)26-20)12-17-9-5-4-6-10-17/h4-11,23H,12-13H2,1-3H3,(H,24,25,26). The van der Waals surface area contributed by atoms with Crippen LogP contribution in [-0.2, 0) is 13.0 Å². The second-order valence-electron chi connectivity index (χ2n) is 7.05. The smallest absolute Gasteiger partial charge is 0.277 e. The number of aromatic nitrogens is 4. The number of H-pyrrole nitrogens is 1. The quantitative estimate of drug-likeness (QED) is 0.561. The van der Waals surface area contributed by atoms with Crippen LogP contribution in [0.25, 0.3) is 5.78 Å². The molecule has 2 aromatic carbocycles. The Hall–Kier alpha value is -3.41. The summed E-state index contributed by atoms with van der Waals surface area (Å²) in [5.74, 6) is 1.07. The van der Waals surface area contributed by atoms with E-state index in [4.69, 9.17) is 0 Å². The lowest BCUT2D eigenvalue weighted by molar-refractivity contribution is 0.832. The van der Waals surface area contributed by atoms with E-state index < -0.39 is 0 Å². The fourth-order valence-corrected chi connectivity index (χ4v) is 3.30. The molecule has 0 amide bonds. The zero-order valence-corrected chi connectivity index (χ0v) is 16.3. The van der Waals surface area contributed by atoms with Gasteiger partial charge < -0.3 is 5.32 Å². The largest absolute Gasteiger partial charge is 0.378 e. The predicted octanol–water partition coefficient (Wildman–Crippen LogP) is 3.55. The van der Waals surface area contributed by atoms with Crippen molar-refractivity contribution >= 4 is 11.5 Å². The molecule has 2 heterocycles. The molecule has 0 aliphatic heterocycles. The van der Waals surface area contributed by atoms with Crippen molar-refractivity contribution in [1.29, 1.82) is 0 Å². The first-order valence-electron chi connectivity index (χ1n) is 9.34. The van der Waals surface area contributed by atoms with Gasteiger partial charge in [0.05, 0.1) is 12.2 Å². The van der Waals surface area contributed by atoms with Gasteiger partial charge in [-0.3, -0.25) is 9.89 Å². The molecule has 0 saturated carbocycles. The van der Waals surface area contributed by atoms with Gasteiger partial charge in [-0.05, 0) is 43.5 Å². The van der Waals surface area contributed by atoms with Gasteiger partial charge in [-0.15, -0.1) is 0 Å². The Bertz CT molecular complexity index is 1190. The summed E-state index contributed by atoms with van der Waals surface area (Å²) < 4.78 is 1.44. The average molecular weight is 373 g/mol. The molecule has 0 saturated heterocycles. The molecule has 4 rings (SSSR count). The predicted molar refractivity (Wildman–Crippen MR) is 111 cm³/mol. The van der Waals surface area contributed by atoms with Gasteiger partial charge in [0.2, 0.25) is 0 Å². The second-order valence-corrected chi connectivity index (χ2v) is 7.05. The monoisotopic (exact) mass is 373 g/mol. The van der Waals surface area contributed by atoms with E-state index in [2.05, 4.69) is 40.3 Å². The molecule has 0 radical (unpaired) electrons. The van der Waals surface area contributed by atoms with Crippen molar-refractivity contribution in [3.05, 3.63) is 92.7 Å². The van der Waals surface area contributed by atoms with Gasteiger partial charge in [0.15, 0.2) is 0 Å². The number of nitrogens with zero attached hydrogens (tertiary/aromatic N) is 3. The summed E-state index contributed by atoms with van der Waals surface area (Å²) in [6.45, 7) is 6.52. The van der Waals surface area contributed by atoms with Gasteiger partial charge in [-0.1, -0.05) is 42.5 Å². The molecule has 0 atom stereocenters. The molecule has 0 unspecified atom stereocenters. The molecule has 2 aromatic heterocycles. The maximum Gasteiger partial charge on any atom is 0.277 e. The first kappa shape index (κ1) is 18.0. The van der Waals surface area contributed by atoms with Crippen molar-refractivity contribution in [3.63, 3.8) is 0 Å². The second kappa shape index (κ2) is 7.31. The number of anilines is 1. The summed E-state index contributed by atoms with van der Waals surface area (Å²) in [7, 11) is 0. The molecule has 6 heteroatoms. The molecule has 28 heavy (non-hydrogen) atoms. The van der Waals surface area contributed by atoms with Crippen molar-refractivity contribution in [1.82, 2.24) is 19.6 Å². The first-order valence-corrected chi connectivity index (χ1v) is 9.34. The van der Waals surface area contributed by atoms with Gasteiger partial charge >= 0.3 is 0 Å². The zero-order valence-electron chi connectivity index (χ0n) is 16.3. The van der Waals surface area contributed by atoms with Crippen LogP contribution in [0.2, 0.25) is 0 Å². The van der Waals surface area contributed by atoms with Gasteiger partial charge in [0.1, 0.15) is 5.82 Å². The van der Waals surface area contributed by atoms with Crippen LogP contribution in [0.1, 0.15) is 33.8 Å². The summed E-state index contributed by atoms with van der Waals surface area (Å²) in [6.07, 6.45) is 0.552. The SMILES string of the molecule is Cc1cccc(NCc2nc3nc(C)c(Cc4ccccc4)c(=O)n3[nH]2)c1C. The van der Waals surface area contributed by atoms with Crippen LogP contribution in [0, 0.1) is 20.8 Å². The van der Waals surface area contributed by atoms with E-state index in [-0.39, 0.29) is 5.56 Å². The van der Waals surface area contributed by atoms with Crippen molar-refractivity contribution in [3.8, 4) is 0 Å². The Morgan fingerprint density at radius 1 is 1.00 bits per heavy atom. The van der Waals surface area contributed by atoms with Crippen LogP contribution >= 0.6 is 0 Å². The van der Waals surface area contributed by atoms with E-state index in [1.54, 1.807) is 0 Å². The maximum atomic E-state index is 13.0. The Balaban J connectivity index is 1.63. The molecule has 4 aromatic rings. The molecular weight excluding hydrogens is 350 g/mol. The number of hydrogen-bond donors (Lipinski definition) is 2. The summed E-state index contributed by atoms with van der Waals surface area (Å²) in [5.41, 5.74) is 5.87. The van der Waals surface area contributed by atoms with Crippen molar-refractivity contribution in [2.45, 2.75) is 33.7 Å². The summed E-state index contributed by atoms with van der Waals surface area (Å²) in [5, 5.41) is 6.47. The normalized spacial score (nSPS) is 11.1. The minimum atomic E-state index is -0.100. The number of hydrogen-bond acceptors (Lipinski definition) is 4. The maximum absolute atomic E-state index is 13.0. The molecule has 142 valence electrons. The van der Waals surface area contributed by atoms with E-state index in [9.17, 15) is 4.79 Å². The molecule has 0 fully saturated rings. The van der Waals surface area contributed by atoms with E-state index >= 15 is 0 Å². The Kier molecular flexibility index (Phi) is 4.69. The summed E-state index contributed by atoms with van der Waals surface area (Å²) >= 11 is 0. The highest BCUT2D eigenvalue weighted by Gasteiger charge is 2.14. The van der Waals surface area contributed by atoms with E-state index in [0.717, 1.165) is 16.9 Å². The lowest BCUT2D eigenvalue weighted by Gasteiger charge is -2.09. The van der Waals surface area contributed by atoms with Crippen LogP contribution in [0.5, 0.6) is 0 Å². The average Bonchev–Trinajstić information content (AvgIpc) is 3.10. The third kappa shape index (κ3) is 3.41. The molecule has 2 N–H and O–H groups in total. The van der Waals surface area contributed by atoms with Crippen molar-refractivity contribution in [2.24, 2.45) is 0 Å². The van der Waals surface area contributed by atoms with Gasteiger partial charge in [-0.2, -0.15) is 9.50 Å². The summed E-state index contributed by atoms with van der Waals surface area (Å²) in [6, 6.07) is 16.1. The number of rotatable bonds is 5. The minimum Gasteiger partial charge on any atom is -0.378 e. The Morgan fingerprint density at radius 3 is 2.57 bits per heavy atom. The third-order valence-corrected chi connectivity index (χ3v) is 5.12. The van der Waals surface area contributed by atoms with Gasteiger partial charge in [0, 0.05) is 17.7 Å². The molecule has 0 bridgehead atoms. The molecule has 6 nitrogen and oxygen atoms in total. The molecule has 0 aliphatic rings. The van der Waals surface area contributed by atoms with Gasteiger partial charge in [-0.25, -0.2) is 4.98 Å². The van der Waals surface area contributed by atoms with Crippen LogP contribution in [0.15, 0.2) is 53.3 Å². The highest BCUT2D eigenvalue weighted by molar-refractivity contribution is 5.53. The summed E-state index contributed by atoms with van der Waals surface area (Å²) in [4.78, 5) is 22.0. The Labute approximate surface area is 163 Å². The topological polar surface area (TPSA) is 75.1 Å². The Morgan fingerprint density at radius 2 is 1.79 bits per heavy atom. The van der Waals surface area contributed by atoms with Crippen molar-refractivity contribution in [2.75, 3.05) is 5.32 Å². The lowest BCUT2D eigenvalue weighted by atomic mass is 10.1. The van der Waals surface area contributed by atoms with Crippen LogP contribution in [-0.4, -0.2) is 19.6 Å². The fraction of sp³-hybridized carbons (Fsp3) is 0.227. The lowest BCUT2D eigenvalue weighted by Crippen LogP contribution is -2.22. The van der Waals surface area contributed by atoms with Crippen LogP contribution in [0.3, 0.4) is 0 Å². The van der Waals surface area contributed by atoms with Gasteiger partial charge in [0.25, 0.3) is 11.3 Å². The van der Waals surface area contributed by atoms with E-state index in [1.807, 2.05) is 49.4 Å². The number of nitrogens with one attached hydrogen (secondary N) is 2. The highest BCUT2D eigenvalue weighted by Crippen LogP contribution is 2.18. The molecular formula is C22H23N5O. The van der Waals surface area contributed by atoms with Crippen LogP contribution < -0.4 is 10.9 Å². The van der Waals surface area contributed by atoms with Crippen LogP contribution in [0.4, 0.5) is 5.69 Å². The molecule has 0 aliphatic carbocycles. The molecule has 0 spiro atoms. The number of aryl methyl sites for hydroxylation is 2.